The number of carboxylic acids is 1. The summed E-state index contributed by atoms with van der Waals surface area (Å²) < 4.78 is 10.8. The number of nitrogens with zero attached hydrogens (tertiary/aromatic N) is 2. The van der Waals surface area contributed by atoms with E-state index in [-0.39, 0.29) is 5.91 Å². The number of aliphatic carboxylic acids is 1. The van der Waals surface area contributed by atoms with E-state index in [0.717, 1.165) is 23.2 Å². The van der Waals surface area contributed by atoms with Crippen LogP contribution >= 0.6 is 11.8 Å². The molecule has 1 N–H and O–H groups in total. The molecular formula is C23H24N2O5S. The number of carbonyl (C=O) groups is 2. The maximum absolute atomic E-state index is 12.8. The zero-order valence-electron chi connectivity index (χ0n) is 17.6. The third-order valence-electron chi connectivity index (χ3n) is 4.51. The Labute approximate surface area is 185 Å². The van der Waals surface area contributed by atoms with Crippen LogP contribution in [0.2, 0.25) is 0 Å². The lowest BCUT2D eigenvalue weighted by atomic mass is 10.1. The summed E-state index contributed by atoms with van der Waals surface area (Å²) in [5, 5.41) is 9.44. The quantitative estimate of drug-likeness (QED) is 0.614. The highest BCUT2D eigenvalue weighted by Gasteiger charge is 2.30. The first-order chi connectivity index (χ1) is 14.9. The number of aliphatic imine (C=N–C) groups is 1. The van der Waals surface area contributed by atoms with Crippen LogP contribution in [0.4, 0.5) is 5.69 Å². The Kier molecular flexibility index (Phi) is 7.36. The molecule has 31 heavy (non-hydrogen) atoms. The van der Waals surface area contributed by atoms with E-state index in [2.05, 4.69) is 6.92 Å². The fourth-order valence-corrected chi connectivity index (χ4v) is 3.95. The number of ether oxygens (including phenoxy) is 2. The van der Waals surface area contributed by atoms with Gasteiger partial charge in [0.1, 0.15) is 0 Å². The molecule has 0 atom stereocenters. The van der Waals surface area contributed by atoms with Crippen molar-refractivity contribution >= 4 is 40.6 Å². The Balaban J connectivity index is 1.87. The van der Waals surface area contributed by atoms with E-state index in [4.69, 9.17) is 19.6 Å². The molecule has 2 aromatic rings. The molecule has 1 fully saturated rings. The van der Waals surface area contributed by atoms with Crippen LogP contribution in [0.15, 0.2) is 52.4 Å². The van der Waals surface area contributed by atoms with E-state index in [1.807, 2.05) is 31.2 Å². The molecule has 0 bridgehead atoms. The van der Waals surface area contributed by atoms with Gasteiger partial charge in [-0.3, -0.25) is 9.69 Å². The normalized spacial score (nSPS) is 16.2. The van der Waals surface area contributed by atoms with Gasteiger partial charge in [0.15, 0.2) is 23.3 Å². The number of rotatable bonds is 8. The summed E-state index contributed by atoms with van der Waals surface area (Å²) in [5.41, 5.74) is 2.71. The number of carboxylic acid groups (broad SMARTS) is 1. The van der Waals surface area contributed by atoms with Crippen LogP contribution < -0.4 is 9.47 Å². The Morgan fingerprint density at radius 2 is 1.94 bits per heavy atom. The van der Waals surface area contributed by atoms with Crippen LogP contribution in [0.3, 0.4) is 0 Å². The second-order valence-corrected chi connectivity index (χ2v) is 7.68. The molecule has 1 heterocycles. The van der Waals surface area contributed by atoms with Crippen LogP contribution in [0.5, 0.6) is 11.5 Å². The molecule has 1 aliphatic heterocycles. The summed E-state index contributed by atoms with van der Waals surface area (Å²) in [5.74, 6) is -0.442. The summed E-state index contributed by atoms with van der Waals surface area (Å²) in [6.07, 6.45) is 2.62. The van der Waals surface area contributed by atoms with Crippen molar-refractivity contribution in [3.63, 3.8) is 0 Å². The van der Waals surface area contributed by atoms with Crippen molar-refractivity contribution in [1.29, 1.82) is 0 Å². The number of aryl methyl sites for hydroxylation is 1. The second-order valence-electron chi connectivity index (χ2n) is 6.67. The third-order valence-corrected chi connectivity index (χ3v) is 5.57. The molecule has 1 saturated heterocycles. The molecule has 0 saturated carbocycles. The van der Waals surface area contributed by atoms with E-state index in [1.54, 1.807) is 31.3 Å². The smallest absolute Gasteiger partial charge is 0.341 e. The van der Waals surface area contributed by atoms with Crippen LogP contribution in [0, 0.1) is 0 Å². The van der Waals surface area contributed by atoms with Gasteiger partial charge in [0, 0.05) is 7.05 Å². The van der Waals surface area contributed by atoms with Gasteiger partial charge in [-0.15, -0.1) is 0 Å². The summed E-state index contributed by atoms with van der Waals surface area (Å²) >= 11 is 1.31. The highest BCUT2D eigenvalue weighted by Crippen LogP contribution is 2.35. The number of hydrogen-bond donors (Lipinski definition) is 1. The number of carbonyl (C=O) groups excluding carboxylic acids is 1. The Hall–Kier alpha value is -3.26. The predicted octanol–water partition coefficient (Wildman–Crippen LogP) is 4.34. The van der Waals surface area contributed by atoms with Crippen LogP contribution in [-0.4, -0.2) is 47.3 Å². The van der Waals surface area contributed by atoms with Gasteiger partial charge in [-0.2, -0.15) is 0 Å². The van der Waals surface area contributed by atoms with Gasteiger partial charge in [0.2, 0.25) is 0 Å². The number of benzene rings is 2. The molecule has 1 aliphatic rings. The zero-order chi connectivity index (χ0) is 22.4. The average Bonchev–Trinajstić information content (AvgIpc) is 3.01. The number of hydrogen-bond acceptors (Lipinski definition) is 6. The first-order valence-electron chi connectivity index (χ1n) is 9.88. The monoisotopic (exact) mass is 440 g/mol. The van der Waals surface area contributed by atoms with Gasteiger partial charge in [0.05, 0.1) is 17.2 Å². The lowest BCUT2D eigenvalue weighted by Crippen LogP contribution is -2.23. The van der Waals surface area contributed by atoms with E-state index in [1.165, 1.54) is 16.7 Å². The number of thioether (sulfide) groups is 1. The summed E-state index contributed by atoms with van der Waals surface area (Å²) in [6, 6.07) is 13.0. The summed E-state index contributed by atoms with van der Waals surface area (Å²) in [7, 11) is 1.71. The molecule has 0 spiro atoms. The molecule has 1 amide bonds. The van der Waals surface area contributed by atoms with Gasteiger partial charge in [-0.05, 0) is 60.5 Å². The summed E-state index contributed by atoms with van der Waals surface area (Å²) in [4.78, 5) is 30.3. The minimum absolute atomic E-state index is 0.137. The van der Waals surface area contributed by atoms with E-state index in [9.17, 15) is 9.59 Å². The Morgan fingerprint density at radius 3 is 2.65 bits per heavy atom. The molecule has 8 heteroatoms. The first-order valence-corrected chi connectivity index (χ1v) is 10.7. The fourth-order valence-electron chi connectivity index (χ4n) is 2.97. The predicted molar refractivity (Wildman–Crippen MR) is 122 cm³/mol. The minimum atomic E-state index is -1.07. The maximum atomic E-state index is 12.8. The Morgan fingerprint density at radius 1 is 1.16 bits per heavy atom. The van der Waals surface area contributed by atoms with Crippen molar-refractivity contribution in [2.45, 2.75) is 20.3 Å². The van der Waals surface area contributed by atoms with Crippen molar-refractivity contribution in [3.05, 3.63) is 58.5 Å². The number of para-hydroxylation sites is 1. The topological polar surface area (TPSA) is 88.4 Å². The standard InChI is InChI=1S/C23H24N2O5S/c1-4-16-8-6-7-9-17(16)24-23-25(3)22(28)20(31-23)13-15-10-11-18(30-14-21(26)27)19(12-15)29-5-2/h6-13H,4-5,14H2,1-3H3,(H,26,27)/b20-13-,24-23?. The molecule has 0 aromatic heterocycles. The summed E-state index contributed by atoms with van der Waals surface area (Å²) in [6.45, 7) is 3.83. The largest absolute Gasteiger partial charge is 0.490 e. The third kappa shape index (κ3) is 5.46. The van der Waals surface area contributed by atoms with E-state index in [0.29, 0.717) is 28.2 Å². The van der Waals surface area contributed by atoms with Gasteiger partial charge in [-0.1, -0.05) is 31.2 Å². The number of likely N-dealkylation sites (N-methyl/N-ethyl adjacent to an activating group) is 1. The minimum Gasteiger partial charge on any atom is -0.490 e. The molecule has 0 aliphatic carbocycles. The van der Waals surface area contributed by atoms with Crippen LogP contribution in [-0.2, 0) is 16.0 Å². The van der Waals surface area contributed by atoms with E-state index >= 15 is 0 Å². The Bertz CT molecular complexity index is 1050. The van der Waals surface area contributed by atoms with Crippen molar-refractivity contribution in [2.75, 3.05) is 20.3 Å². The number of amides is 1. The zero-order valence-corrected chi connectivity index (χ0v) is 18.4. The number of amidine groups is 1. The van der Waals surface area contributed by atoms with Gasteiger partial charge in [-0.25, -0.2) is 9.79 Å². The molecule has 0 unspecified atom stereocenters. The maximum Gasteiger partial charge on any atom is 0.341 e. The second kappa shape index (κ2) is 10.2. The first kappa shape index (κ1) is 22.4. The highest BCUT2D eigenvalue weighted by molar-refractivity contribution is 8.18. The van der Waals surface area contributed by atoms with E-state index < -0.39 is 12.6 Å². The molecule has 2 aromatic carbocycles. The molecule has 0 radical (unpaired) electrons. The molecule has 7 nitrogen and oxygen atoms in total. The molecule has 3 rings (SSSR count). The van der Waals surface area contributed by atoms with Crippen molar-refractivity contribution in [2.24, 2.45) is 4.99 Å². The SMILES string of the molecule is CCOc1cc(/C=C2\SC(=Nc3ccccc3CC)N(C)C2=O)ccc1OCC(=O)O. The van der Waals surface area contributed by atoms with Crippen LogP contribution in [0.1, 0.15) is 25.0 Å². The lowest BCUT2D eigenvalue weighted by Gasteiger charge is -2.11. The highest BCUT2D eigenvalue weighted by atomic mass is 32.2. The van der Waals surface area contributed by atoms with Crippen molar-refractivity contribution < 1.29 is 24.2 Å². The molecular weight excluding hydrogens is 416 g/mol. The van der Waals surface area contributed by atoms with Gasteiger partial charge in [0.25, 0.3) is 5.91 Å². The van der Waals surface area contributed by atoms with Crippen molar-refractivity contribution in [1.82, 2.24) is 4.90 Å². The molecule has 162 valence electrons. The van der Waals surface area contributed by atoms with Gasteiger partial charge < -0.3 is 14.6 Å². The average molecular weight is 441 g/mol. The lowest BCUT2D eigenvalue weighted by molar-refractivity contribution is -0.139. The van der Waals surface area contributed by atoms with Gasteiger partial charge >= 0.3 is 5.97 Å². The van der Waals surface area contributed by atoms with Crippen molar-refractivity contribution in [3.8, 4) is 11.5 Å². The fraction of sp³-hybridized carbons (Fsp3) is 0.261. The van der Waals surface area contributed by atoms with Crippen LogP contribution in [0.25, 0.3) is 6.08 Å².